The first-order valence-electron chi connectivity index (χ1n) is 7.66. The number of nitrogens with zero attached hydrogens (tertiary/aromatic N) is 1. The molecule has 0 saturated heterocycles. The molecule has 0 fully saturated rings. The van der Waals surface area contributed by atoms with Crippen LogP contribution in [0.3, 0.4) is 0 Å². The van der Waals surface area contributed by atoms with Gasteiger partial charge in [-0.2, -0.15) is 0 Å². The van der Waals surface area contributed by atoms with Gasteiger partial charge in [0.05, 0.1) is 17.0 Å². The maximum Gasteiger partial charge on any atom is 0.326 e. The van der Waals surface area contributed by atoms with Gasteiger partial charge >= 0.3 is 5.97 Å². The zero-order chi connectivity index (χ0) is 18.4. The van der Waals surface area contributed by atoms with Crippen LogP contribution in [0, 0.1) is 5.92 Å². The molecule has 2 heterocycles. The van der Waals surface area contributed by atoms with E-state index in [0.717, 1.165) is 0 Å². The molecule has 25 heavy (non-hydrogen) atoms. The number of aromatic nitrogens is 1. The quantitative estimate of drug-likeness (QED) is 0.651. The Bertz CT molecular complexity index is 740. The summed E-state index contributed by atoms with van der Waals surface area (Å²) in [5.74, 6) is -1.55. The zero-order valence-electron chi connectivity index (χ0n) is 13.8. The van der Waals surface area contributed by atoms with Crippen LogP contribution in [0.4, 0.5) is 5.13 Å². The second-order valence-electron chi connectivity index (χ2n) is 5.84. The molecule has 0 saturated carbocycles. The number of aliphatic carboxylic acids is 1. The van der Waals surface area contributed by atoms with Gasteiger partial charge in [-0.1, -0.05) is 19.9 Å². The Morgan fingerprint density at radius 2 is 2.04 bits per heavy atom. The zero-order valence-corrected chi connectivity index (χ0v) is 15.4. The number of anilines is 1. The lowest BCUT2D eigenvalue weighted by molar-refractivity contribution is -0.142. The first kappa shape index (κ1) is 19.1. The third-order valence-electron chi connectivity index (χ3n) is 3.20. The Morgan fingerprint density at radius 1 is 1.28 bits per heavy atom. The number of carbonyl (C=O) groups is 3. The molecule has 0 spiro atoms. The second kappa shape index (κ2) is 8.72. The van der Waals surface area contributed by atoms with Crippen LogP contribution in [0.25, 0.3) is 0 Å². The predicted molar refractivity (Wildman–Crippen MR) is 97.1 cm³/mol. The summed E-state index contributed by atoms with van der Waals surface area (Å²) in [7, 11) is 0. The molecule has 0 radical (unpaired) electrons. The molecule has 0 aliphatic heterocycles. The van der Waals surface area contributed by atoms with E-state index >= 15 is 0 Å². The van der Waals surface area contributed by atoms with Gasteiger partial charge in [-0.05, 0) is 23.8 Å². The van der Waals surface area contributed by atoms with Crippen molar-refractivity contribution in [2.24, 2.45) is 5.92 Å². The highest BCUT2D eigenvalue weighted by Crippen LogP contribution is 2.18. The minimum absolute atomic E-state index is 0.0345. The number of thiazole rings is 1. The lowest BCUT2D eigenvalue weighted by atomic mass is 10.0. The Labute approximate surface area is 153 Å². The van der Waals surface area contributed by atoms with Crippen molar-refractivity contribution in [3.8, 4) is 0 Å². The van der Waals surface area contributed by atoms with Crippen LogP contribution in [0.2, 0.25) is 0 Å². The molecule has 0 aromatic carbocycles. The summed E-state index contributed by atoms with van der Waals surface area (Å²) in [6, 6.07) is 2.58. The van der Waals surface area contributed by atoms with Gasteiger partial charge in [0.15, 0.2) is 5.13 Å². The minimum atomic E-state index is -1.05. The average Bonchev–Trinajstić information content (AvgIpc) is 3.17. The Kier molecular flexibility index (Phi) is 6.65. The van der Waals surface area contributed by atoms with Crippen molar-refractivity contribution in [3.63, 3.8) is 0 Å². The van der Waals surface area contributed by atoms with Gasteiger partial charge in [0.2, 0.25) is 5.91 Å². The number of carboxylic acids is 1. The lowest BCUT2D eigenvalue weighted by Crippen LogP contribution is -2.42. The summed E-state index contributed by atoms with van der Waals surface area (Å²) in [6.45, 7) is 3.79. The van der Waals surface area contributed by atoms with Crippen molar-refractivity contribution in [2.75, 3.05) is 5.32 Å². The highest BCUT2D eigenvalue weighted by Gasteiger charge is 2.21. The minimum Gasteiger partial charge on any atom is -0.480 e. The summed E-state index contributed by atoms with van der Waals surface area (Å²) >= 11 is 2.55. The molecule has 9 heteroatoms. The number of hydrogen-bond acceptors (Lipinski definition) is 6. The van der Waals surface area contributed by atoms with E-state index in [1.165, 1.54) is 22.7 Å². The maximum absolute atomic E-state index is 12.0. The van der Waals surface area contributed by atoms with Crippen LogP contribution in [-0.4, -0.2) is 33.9 Å². The van der Waals surface area contributed by atoms with Crippen LogP contribution >= 0.6 is 22.7 Å². The van der Waals surface area contributed by atoms with Crippen molar-refractivity contribution in [1.82, 2.24) is 10.3 Å². The number of carboxylic acid groups (broad SMARTS) is 1. The fraction of sp³-hybridized carbons (Fsp3) is 0.375. The monoisotopic (exact) mass is 381 g/mol. The molecule has 2 amide bonds. The topological polar surface area (TPSA) is 108 Å². The van der Waals surface area contributed by atoms with Crippen LogP contribution in [0.15, 0.2) is 22.9 Å². The van der Waals surface area contributed by atoms with Gasteiger partial charge in [0.1, 0.15) is 6.04 Å². The van der Waals surface area contributed by atoms with Gasteiger partial charge in [0, 0.05) is 5.38 Å². The molecule has 0 aliphatic carbocycles. The summed E-state index contributed by atoms with van der Waals surface area (Å²) in [6.07, 6.45) is 0.327. The van der Waals surface area contributed by atoms with Crippen LogP contribution < -0.4 is 10.6 Å². The molecule has 0 unspecified atom stereocenters. The van der Waals surface area contributed by atoms with E-state index < -0.39 is 17.9 Å². The van der Waals surface area contributed by atoms with Crippen molar-refractivity contribution >= 4 is 45.6 Å². The fourth-order valence-electron chi connectivity index (χ4n) is 2.11. The number of nitrogens with one attached hydrogen (secondary N) is 2. The van der Waals surface area contributed by atoms with Gasteiger partial charge < -0.3 is 10.4 Å². The fourth-order valence-corrected chi connectivity index (χ4v) is 3.44. The van der Waals surface area contributed by atoms with E-state index in [-0.39, 0.29) is 18.2 Å². The van der Waals surface area contributed by atoms with E-state index in [2.05, 4.69) is 15.6 Å². The summed E-state index contributed by atoms with van der Waals surface area (Å²) < 4.78 is 0. The highest BCUT2D eigenvalue weighted by molar-refractivity contribution is 7.14. The molecule has 7 nitrogen and oxygen atoms in total. The molecule has 2 rings (SSSR count). The Balaban J connectivity index is 1.90. The van der Waals surface area contributed by atoms with Gasteiger partial charge in [0.25, 0.3) is 5.91 Å². The Hall–Kier alpha value is -2.26. The molecular formula is C16H19N3O4S2. The largest absolute Gasteiger partial charge is 0.480 e. The smallest absolute Gasteiger partial charge is 0.326 e. The highest BCUT2D eigenvalue weighted by atomic mass is 32.1. The van der Waals surface area contributed by atoms with Crippen LogP contribution in [0.5, 0.6) is 0 Å². The number of thiophene rings is 1. The van der Waals surface area contributed by atoms with E-state index in [4.69, 9.17) is 5.11 Å². The van der Waals surface area contributed by atoms with E-state index in [9.17, 15) is 14.4 Å². The third-order valence-corrected chi connectivity index (χ3v) is 4.87. The third kappa shape index (κ3) is 5.95. The second-order valence-corrected chi connectivity index (χ2v) is 7.65. The Morgan fingerprint density at radius 3 is 2.64 bits per heavy atom. The summed E-state index contributed by atoms with van der Waals surface area (Å²) in [5.41, 5.74) is 0.484. The standard InChI is InChI=1S/C16H19N3O4S2/c1-9(2)6-11(15(22)23)18-13(20)7-10-8-25-16(17-10)19-14(21)12-4-3-5-24-12/h3-5,8-9,11H,6-7H2,1-2H3,(H,18,20)(H,22,23)(H,17,19,21)/t11-/m1/s1. The molecule has 2 aromatic rings. The SMILES string of the molecule is CC(C)C[C@@H](NC(=O)Cc1csc(NC(=O)c2cccs2)n1)C(=O)O. The van der Waals surface area contributed by atoms with E-state index in [1.807, 2.05) is 19.2 Å². The predicted octanol–water partition coefficient (Wildman–Crippen LogP) is 2.61. The summed E-state index contributed by atoms with van der Waals surface area (Å²) in [4.78, 5) is 39.9. The molecule has 0 bridgehead atoms. The average molecular weight is 381 g/mol. The van der Waals surface area contributed by atoms with Gasteiger partial charge in [-0.15, -0.1) is 22.7 Å². The van der Waals surface area contributed by atoms with Crippen LogP contribution in [-0.2, 0) is 16.0 Å². The molecule has 2 aromatic heterocycles. The van der Waals surface area contributed by atoms with Crippen molar-refractivity contribution in [1.29, 1.82) is 0 Å². The van der Waals surface area contributed by atoms with Crippen molar-refractivity contribution in [3.05, 3.63) is 33.5 Å². The van der Waals surface area contributed by atoms with Crippen molar-refractivity contribution < 1.29 is 19.5 Å². The first-order valence-corrected chi connectivity index (χ1v) is 9.42. The molecule has 0 aliphatic rings. The summed E-state index contributed by atoms with van der Waals surface area (Å²) in [5, 5.41) is 18.2. The maximum atomic E-state index is 12.0. The number of rotatable bonds is 8. The number of carbonyl (C=O) groups excluding carboxylic acids is 2. The normalized spacial score (nSPS) is 12.0. The molecule has 3 N–H and O–H groups in total. The number of hydrogen-bond donors (Lipinski definition) is 3. The van der Waals surface area contributed by atoms with Crippen LogP contribution in [0.1, 0.15) is 35.6 Å². The van der Waals surface area contributed by atoms with Gasteiger partial charge in [-0.3, -0.25) is 14.9 Å². The van der Waals surface area contributed by atoms with Gasteiger partial charge in [-0.25, -0.2) is 9.78 Å². The number of amides is 2. The first-order chi connectivity index (χ1) is 11.8. The molecular weight excluding hydrogens is 362 g/mol. The van der Waals surface area contributed by atoms with E-state index in [1.54, 1.807) is 17.5 Å². The van der Waals surface area contributed by atoms with Crippen molar-refractivity contribution in [2.45, 2.75) is 32.7 Å². The van der Waals surface area contributed by atoms with E-state index in [0.29, 0.717) is 22.1 Å². The lowest BCUT2D eigenvalue weighted by Gasteiger charge is -2.16. The molecule has 134 valence electrons. The molecule has 1 atom stereocenters.